The zero-order valence-electron chi connectivity index (χ0n) is 17.2. The predicted octanol–water partition coefficient (Wildman–Crippen LogP) is 2.68. The van der Waals surface area contributed by atoms with Crippen molar-refractivity contribution in [1.82, 2.24) is 9.47 Å². The van der Waals surface area contributed by atoms with Crippen LogP contribution in [0.4, 0.5) is 11.4 Å². The number of methoxy groups -OCH3 is 1. The number of benzene rings is 1. The van der Waals surface area contributed by atoms with E-state index >= 15 is 0 Å². The van der Waals surface area contributed by atoms with Gasteiger partial charge in [-0.05, 0) is 18.2 Å². The second kappa shape index (κ2) is 8.67. The zero-order valence-corrected chi connectivity index (χ0v) is 17.9. The molecule has 0 radical (unpaired) electrons. The molecule has 1 amide bonds. The number of nitrogens with two attached hydrogens (primary N) is 1. The van der Waals surface area contributed by atoms with Gasteiger partial charge in [-0.25, -0.2) is 4.79 Å². The monoisotopic (exact) mass is 429 g/mol. The molecule has 2 heterocycles. The van der Waals surface area contributed by atoms with Crippen LogP contribution in [0.15, 0.2) is 24.4 Å². The van der Waals surface area contributed by atoms with E-state index in [1.54, 1.807) is 12.1 Å². The molecule has 0 unspecified atom stereocenters. The minimum Gasteiger partial charge on any atom is -0.464 e. The quantitative estimate of drug-likeness (QED) is 0.749. The normalized spacial score (nSPS) is 14.0. The molecule has 1 aromatic carbocycles. The highest BCUT2D eigenvalue weighted by Crippen LogP contribution is 2.32. The van der Waals surface area contributed by atoms with E-state index in [9.17, 15) is 14.9 Å². The number of amides is 1. The molecule has 0 atom stereocenters. The number of ether oxygens (including phenoxy) is 1. The summed E-state index contributed by atoms with van der Waals surface area (Å²) in [7, 11) is 1.25. The summed E-state index contributed by atoms with van der Waals surface area (Å²) in [6.07, 6.45) is 1.49. The van der Waals surface area contributed by atoms with E-state index in [-0.39, 0.29) is 28.8 Å². The van der Waals surface area contributed by atoms with Gasteiger partial charge in [0.15, 0.2) is 5.69 Å². The van der Waals surface area contributed by atoms with Crippen molar-refractivity contribution in [2.75, 3.05) is 43.9 Å². The number of rotatable bonds is 4. The number of hydrogen-bond acceptors (Lipinski definition) is 6. The smallest absolute Gasteiger partial charge is 0.357 e. The molecule has 1 aliphatic rings. The largest absolute Gasteiger partial charge is 0.464 e. The Morgan fingerprint density at radius 1 is 1.23 bits per heavy atom. The summed E-state index contributed by atoms with van der Waals surface area (Å²) >= 11 is 6.56. The van der Waals surface area contributed by atoms with Crippen LogP contribution in [0.5, 0.6) is 0 Å². The number of esters is 1. The summed E-state index contributed by atoms with van der Waals surface area (Å²) in [6, 6.07) is 7.36. The number of carbonyl (C=O) groups excluding carboxylic acids is 2. The summed E-state index contributed by atoms with van der Waals surface area (Å²) in [5.41, 5.74) is 7.72. The molecular weight excluding hydrogens is 406 g/mol. The van der Waals surface area contributed by atoms with Crippen LogP contribution < -0.4 is 10.6 Å². The SMILES string of the molecule is COC(=O)c1c(N)c(C#N)cn1-c1ccc(N2CCN(C(=O)C(C)C)CC2)c(Cl)c1. The van der Waals surface area contributed by atoms with E-state index in [0.717, 1.165) is 5.69 Å². The molecule has 158 valence electrons. The summed E-state index contributed by atoms with van der Waals surface area (Å²) in [5.74, 6) is -0.499. The van der Waals surface area contributed by atoms with Crippen molar-refractivity contribution in [1.29, 1.82) is 5.26 Å². The predicted molar refractivity (Wildman–Crippen MR) is 115 cm³/mol. The molecule has 0 saturated carbocycles. The number of nitriles is 1. The van der Waals surface area contributed by atoms with Crippen LogP contribution in [0.3, 0.4) is 0 Å². The van der Waals surface area contributed by atoms with Crippen molar-refractivity contribution >= 4 is 34.9 Å². The first-order chi connectivity index (χ1) is 14.3. The second-order valence-electron chi connectivity index (χ2n) is 7.38. The first kappa shape index (κ1) is 21.5. The minimum absolute atomic E-state index is 0.0178. The van der Waals surface area contributed by atoms with Crippen molar-refractivity contribution in [3.8, 4) is 11.8 Å². The molecular formula is C21H24ClN5O3. The average Bonchev–Trinajstić information content (AvgIpc) is 3.09. The van der Waals surface area contributed by atoms with Gasteiger partial charge >= 0.3 is 5.97 Å². The van der Waals surface area contributed by atoms with Crippen LogP contribution >= 0.6 is 11.6 Å². The van der Waals surface area contributed by atoms with Crippen molar-refractivity contribution in [2.45, 2.75) is 13.8 Å². The Kier molecular flexibility index (Phi) is 6.22. The van der Waals surface area contributed by atoms with Gasteiger partial charge in [-0.2, -0.15) is 5.26 Å². The van der Waals surface area contributed by atoms with Crippen molar-refractivity contribution in [3.63, 3.8) is 0 Å². The Morgan fingerprint density at radius 2 is 1.90 bits per heavy atom. The maximum absolute atomic E-state index is 12.2. The topological polar surface area (TPSA) is 105 Å². The zero-order chi connectivity index (χ0) is 22.0. The van der Waals surface area contributed by atoms with Crippen molar-refractivity contribution in [3.05, 3.63) is 40.7 Å². The lowest BCUT2D eigenvalue weighted by Crippen LogP contribution is -2.50. The number of nitrogens with zero attached hydrogens (tertiary/aromatic N) is 4. The molecule has 2 aromatic rings. The number of anilines is 2. The summed E-state index contributed by atoms with van der Waals surface area (Å²) in [6.45, 7) is 6.44. The highest BCUT2D eigenvalue weighted by molar-refractivity contribution is 6.33. The molecule has 0 aliphatic carbocycles. The summed E-state index contributed by atoms with van der Waals surface area (Å²) in [5, 5.41) is 9.76. The van der Waals surface area contributed by atoms with Crippen LogP contribution in [0.25, 0.3) is 5.69 Å². The molecule has 9 heteroatoms. The summed E-state index contributed by atoms with van der Waals surface area (Å²) in [4.78, 5) is 28.4. The number of nitrogen functional groups attached to an aromatic ring is 1. The van der Waals surface area contributed by atoms with Crippen LogP contribution in [0.1, 0.15) is 29.9 Å². The Labute approximate surface area is 180 Å². The number of carbonyl (C=O) groups is 2. The second-order valence-corrected chi connectivity index (χ2v) is 7.79. The van der Waals surface area contributed by atoms with E-state index < -0.39 is 5.97 Å². The van der Waals surface area contributed by atoms with Crippen molar-refractivity contribution < 1.29 is 14.3 Å². The molecule has 0 bridgehead atoms. The number of halogens is 1. The van der Waals surface area contributed by atoms with E-state index in [1.807, 2.05) is 30.9 Å². The van der Waals surface area contributed by atoms with Gasteiger partial charge in [0.05, 0.1) is 29.1 Å². The van der Waals surface area contributed by atoms with Crippen LogP contribution in [0.2, 0.25) is 5.02 Å². The number of piperazine rings is 1. The molecule has 2 N–H and O–H groups in total. The highest BCUT2D eigenvalue weighted by Gasteiger charge is 2.25. The Morgan fingerprint density at radius 3 is 2.43 bits per heavy atom. The average molecular weight is 430 g/mol. The number of aromatic nitrogens is 1. The molecule has 8 nitrogen and oxygen atoms in total. The van der Waals surface area contributed by atoms with Gasteiger partial charge in [-0.15, -0.1) is 0 Å². The maximum atomic E-state index is 12.2. The van der Waals surface area contributed by atoms with Gasteiger partial charge in [-0.1, -0.05) is 25.4 Å². The molecule has 1 saturated heterocycles. The Bertz CT molecular complexity index is 1020. The molecule has 1 fully saturated rings. The van der Waals surface area contributed by atoms with Crippen molar-refractivity contribution in [2.24, 2.45) is 5.92 Å². The molecule has 0 spiro atoms. The van der Waals surface area contributed by atoms with E-state index in [2.05, 4.69) is 4.90 Å². The van der Waals surface area contributed by atoms with E-state index in [0.29, 0.717) is 36.9 Å². The van der Waals surface area contributed by atoms with E-state index in [1.165, 1.54) is 17.9 Å². The molecule has 1 aliphatic heterocycles. The van der Waals surface area contributed by atoms with Gasteiger partial charge < -0.3 is 24.8 Å². The third-order valence-electron chi connectivity index (χ3n) is 5.18. The van der Waals surface area contributed by atoms with E-state index in [4.69, 9.17) is 22.1 Å². The third-order valence-corrected chi connectivity index (χ3v) is 5.48. The first-order valence-corrected chi connectivity index (χ1v) is 9.99. The Hall–Kier alpha value is -3.18. The van der Waals surface area contributed by atoms with Crippen LogP contribution in [0, 0.1) is 17.2 Å². The lowest BCUT2D eigenvalue weighted by atomic mass is 10.1. The number of hydrogen-bond donors (Lipinski definition) is 1. The lowest BCUT2D eigenvalue weighted by Gasteiger charge is -2.37. The maximum Gasteiger partial charge on any atom is 0.357 e. The minimum atomic E-state index is -0.639. The van der Waals surface area contributed by atoms with Gasteiger partial charge in [0.2, 0.25) is 5.91 Å². The van der Waals surface area contributed by atoms with Gasteiger partial charge in [0.1, 0.15) is 6.07 Å². The molecule has 3 rings (SSSR count). The standard InChI is InChI=1S/C21H24ClN5O3/c1-13(2)20(28)26-8-6-25(7-9-26)17-5-4-15(10-16(17)22)27-12-14(11-23)18(24)19(27)21(29)30-3/h4-5,10,12-13H,6-9,24H2,1-3H3. The van der Waals surface area contributed by atoms with Gasteiger partial charge in [-0.3, -0.25) is 4.79 Å². The highest BCUT2D eigenvalue weighted by atomic mass is 35.5. The van der Waals surface area contributed by atoms with Crippen LogP contribution in [-0.2, 0) is 9.53 Å². The molecule has 1 aromatic heterocycles. The lowest BCUT2D eigenvalue weighted by molar-refractivity contribution is -0.134. The third kappa shape index (κ3) is 3.94. The fourth-order valence-corrected chi connectivity index (χ4v) is 3.85. The fourth-order valence-electron chi connectivity index (χ4n) is 3.55. The first-order valence-electron chi connectivity index (χ1n) is 9.61. The fraction of sp³-hybridized carbons (Fsp3) is 0.381. The van der Waals surface area contributed by atoms with Crippen LogP contribution in [-0.4, -0.2) is 54.6 Å². The molecule has 30 heavy (non-hydrogen) atoms. The van der Waals surface area contributed by atoms with Gasteiger partial charge in [0, 0.05) is 44.0 Å². The van der Waals surface area contributed by atoms with Gasteiger partial charge in [0.25, 0.3) is 0 Å². The Balaban J connectivity index is 1.86. The summed E-state index contributed by atoms with van der Waals surface area (Å²) < 4.78 is 6.32.